The summed E-state index contributed by atoms with van der Waals surface area (Å²) in [5.41, 5.74) is 4.97. The molecule has 0 rings (SSSR count). The topological polar surface area (TPSA) is 142 Å². The van der Waals surface area contributed by atoms with Crippen LogP contribution >= 0.6 is 7.75 Å². The Morgan fingerprint density at radius 2 is 1.94 bits per heavy atom. The number of carbonyl (C=O) groups is 2. The molecule has 106 valence electrons. The molecule has 0 saturated heterocycles. The molecule has 0 aromatic carbocycles. The van der Waals surface area contributed by atoms with Crippen molar-refractivity contribution in [1.82, 2.24) is 10.4 Å². The molecule has 0 aliphatic heterocycles. The molecule has 6 N–H and O–H groups in total. The third kappa shape index (κ3) is 9.12. The van der Waals surface area contributed by atoms with E-state index >= 15 is 0 Å². The first kappa shape index (κ1) is 17.1. The number of hydrogen-bond donors (Lipinski definition) is 5. The van der Waals surface area contributed by atoms with Crippen molar-refractivity contribution in [3.05, 3.63) is 0 Å². The van der Waals surface area contributed by atoms with Crippen molar-refractivity contribution in [2.45, 2.75) is 38.6 Å². The van der Waals surface area contributed by atoms with Gasteiger partial charge >= 0.3 is 7.75 Å². The van der Waals surface area contributed by atoms with E-state index in [0.29, 0.717) is 6.54 Å². The second-order valence-corrected chi connectivity index (χ2v) is 5.22. The molecule has 0 bridgehead atoms. The maximum absolute atomic E-state index is 11.5. The van der Waals surface area contributed by atoms with Gasteiger partial charge in [0.15, 0.2) is 0 Å². The van der Waals surface area contributed by atoms with Gasteiger partial charge in [-0.1, -0.05) is 19.8 Å². The highest BCUT2D eigenvalue weighted by atomic mass is 31.2. The third-order valence-electron chi connectivity index (χ3n) is 2.15. The smallest absolute Gasteiger partial charge is 0.370 e. The molecular formula is C9H20N3O5P. The van der Waals surface area contributed by atoms with Gasteiger partial charge in [-0.2, -0.15) is 0 Å². The van der Waals surface area contributed by atoms with Crippen molar-refractivity contribution >= 4 is 19.6 Å². The summed E-state index contributed by atoms with van der Waals surface area (Å²) in [5.74, 6) is -1.65. The van der Waals surface area contributed by atoms with Gasteiger partial charge in [0, 0.05) is 0 Å². The predicted molar refractivity (Wildman–Crippen MR) is 65.3 cm³/mol. The average molecular weight is 281 g/mol. The average Bonchev–Trinajstić information content (AvgIpc) is 2.19. The van der Waals surface area contributed by atoms with Crippen LogP contribution in [0.5, 0.6) is 0 Å². The van der Waals surface area contributed by atoms with E-state index in [0.717, 1.165) is 19.3 Å². The quantitative estimate of drug-likeness (QED) is 0.277. The number of carbonyl (C=O) groups excluding carboxylic acids is 2. The predicted octanol–water partition coefficient (Wildman–Crippen LogP) is -0.781. The van der Waals surface area contributed by atoms with Gasteiger partial charge in [-0.3, -0.25) is 14.7 Å². The standard InChI is InChI=1S/C9H20N3O5P/c1-2-3-4-5-11-7(6-8(10)13)9(14)12-18(15,16)17/h7,11H,2-6H2,1H3,(H2,10,13)(H3,12,14,15,16,17)/t7-/m0/s1. The molecule has 0 aliphatic carbocycles. The normalized spacial score (nSPS) is 13.1. The molecule has 0 saturated carbocycles. The largest absolute Gasteiger partial charge is 0.429 e. The number of rotatable bonds is 9. The maximum atomic E-state index is 11.5. The van der Waals surface area contributed by atoms with Crippen LogP contribution in [0.15, 0.2) is 0 Å². The highest BCUT2D eigenvalue weighted by Crippen LogP contribution is 2.28. The molecule has 0 aliphatic rings. The first-order valence-electron chi connectivity index (χ1n) is 5.65. The summed E-state index contributed by atoms with van der Waals surface area (Å²) >= 11 is 0. The van der Waals surface area contributed by atoms with Crippen molar-refractivity contribution < 1.29 is 23.9 Å². The highest BCUT2D eigenvalue weighted by molar-refractivity contribution is 7.50. The monoisotopic (exact) mass is 281 g/mol. The lowest BCUT2D eigenvalue weighted by atomic mass is 10.1. The lowest BCUT2D eigenvalue weighted by Gasteiger charge is -2.17. The van der Waals surface area contributed by atoms with Crippen LogP contribution in [-0.4, -0.2) is 34.2 Å². The first-order chi connectivity index (χ1) is 8.26. The Morgan fingerprint density at radius 3 is 2.39 bits per heavy atom. The molecule has 0 heterocycles. The van der Waals surface area contributed by atoms with Gasteiger partial charge < -0.3 is 20.8 Å². The Bertz CT molecular complexity index is 330. The van der Waals surface area contributed by atoms with Crippen LogP contribution in [-0.2, 0) is 14.2 Å². The van der Waals surface area contributed by atoms with Crippen LogP contribution in [0.1, 0.15) is 32.6 Å². The molecule has 0 aromatic rings. The molecule has 18 heavy (non-hydrogen) atoms. The van der Waals surface area contributed by atoms with Crippen LogP contribution in [0.4, 0.5) is 0 Å². The van der Waals surface area contributed by atoms with Crippen molar-refractivity contribution in [3.63, 3.8) is 0 Å². The minimum absolute atomic E-state index is 0.308. The van der Waals surface area contributed by atoms with Gasteiger partial charge in [0.25, 0.3) is 0 Å². The summed E-state index contributed by atoms with van der Waals surface area (Å²) in [4.78, 5) is 39.5. The molecule has 0 spiro atoms. The van der Waals surface area contributed by atoms with E-state index in [1.807, 2.05) is 6.92 Å². The summed E-state index contributed by atoms with van der Waals surface area (Å²) < 4.78 is 10.6. The summed E-state index contributed by atoms with van der Waals surface area (Å²) in [6.07, 6.45) is 2.44. The molecule has 0 unspecified atom stereocenters. The maximum Gasteiger partial charge on any atom is 0.429 e. The van der Waals surface area contributed by atoms with Crippen molar-refractivity contribution in [1.29, 1.82) is 0 Å². The fourth-order valence-corrected chi connectivity index (χ4v) is 1.77. The van der Waals surface area contributed by atoms with Gasteiger partial charge in [0.1, 0.15) is 0 Å². The summed E-state index contributed by atoms with van der Waals surface area (Å²) in [6, 6.07) is -1.02. The number of nitrogens with one attached hydrogen (secondary N) is 2. The van der Waals surface area contributed by atoms with Gasteiger partial charge in [-0.15, -0.1) is 0 Å². The van der Waals surface area contributed by atoms with Gasteiger partial charge in [-0.25, -0.2) is 4.57 Å². The van der Waals surface area contributed by atoms with Crippen LogP contribution in [0.2, 0.25) is 0 Å². The molecule has 2 amide bonds. The summed E-state index contributed by atoms with van der Waals surface area (Å²) in [5, 5.41) is 4.27. The van der Waals surface area contributed by atoms with Gasteiger partial charge in [0.2, 0.25) is 11.8 Å². The highest BCUT2D eigenvalue weighted by Gasteiger charge is 2.25. The Morgan fingerprint density at radius 1 is 1.33 bits per heavy atom. The SMILES string of the molecule is CCCCCN[C@@H](CC(N)=O)C(=O)NP(=O)(O)O. The number of amides is 2. The molecule has 8 nitrogen and oxygen atoms in total. The first-order valence-corrected chi connectivity index (χ1v) is 7.27. The van der Waals surface area contributed by atoms with E-state index in [1.165, 1.54) is 5.09 Å². The van der Waals surface area contributed by atoms with Crippen LogP contribution < -0.4 is 16.1 Å². The Kier molecular flexibility index (Phi) is 7.77. The number of nitrogens with two attached hydrogens (primary N) is 1. The zero-order valence-electron chi connectivity index (χ0n) is 10.3. The van der Waals surface area contributed by atoms with Crippen LogP contribution in [0.3, 0.4) is 0 Å². The van der Waals surface area contributed by atoms with E-state index in [9.17, 15) is 14.2 Å². The zero-order valence-corrected chi connectivity index (χ0v) is 11.2. The van der Waals surface area contributed by atoms with Gasteiger partial charge in [0.05, 0.1) is 12.5 Å². The molecule has 0 aromatic heterocycles. The second kappa shape index (κ2) is 8.20. The number of unbranched alkanes of at least 4 members (excludes halogenated alkanes) is 2. The van der Waals surface area contributed by atoms with E-state index < -0.39 is 25.6 Å². The zero-order chi connectivity index (χ0) is 14.2. The van der Waals surface area contributed by atoms with Crippen molar-refractivity contribution in [3.8, 4) is 0 Å². The molecule has 9 heteroatoms. The van der Waals surface area contributed by atoms with Crippen molar-refractivity contribution in [2.24, 2.45) is 5.73 Å². The minimum atomic E-state index is -4.66. The molecule has 0 fully saturated rings. The van der Waals surface area contributed by atoms with E-state index in [-0.39, 0.29) is 6.42 Å². The Labute approximate surface area is 106 Å². The van der Waals surface area contributed by atoms with E-state index in [2.05, 4.69) is 5.32 Å². The molecule has 1 atom stereocenters. The Hall–Kier alpha value is -0.950. The van der Waals surface area contributed by atoms with E-state index in [4.69, 9.17) is 15.5 Å². The summed E-state index contributed by atoms with van der Waals surface area (Å²) in [6.45, 7) is 2.49. The van der Waals surface area contributed by atoms with Crippen molar-refractivity contribution in [2.75, 3.05) is 6.54 Å². The van der Waals surface area contributed by atoms with E-state index in [1.54, 1.807) is 0 Å². The van der Waals surface area contributed by atoms with Crippen LogP contribution in [0, 0.1) is 0 Å². The fraction of sp³-hybridized carbons (Fsp3) is 0.778. The number of primary amides is 1. The Balaban J connectivity index is 4.33. The molecular weight excluding hydrogens is 261 g/mol. The lowest BCUT2D eigenvalue weighted by molar-refractivity contribution is -0.126. The van der Waals surface area contributed by atoms with Crippen LogP contribution in [0.25, 0.3) is 0 Å². The van der Waals surface area contributed by atoms with Gasteiger partial charge in [-0.05, 0) is 13.0 Å². The number of hydrogen-bond acceptors (Lipinski definition) is 4. The molecule has 0 radical (unpaired) electrons. The third-order valence-corrected chi connectivity index (χ3v) is 2.66. The fourth-order valence-electron chi connectivity index (χ4n) is 1.33. The second-order valence-electron chi connectivity index (χ2n) is 3.90. The summed E-state index contributed by atoms with van der Waals surface area (Å²) in [7, 11) is -4.66. The lowest BCUT2D eigenvalue weighted by Crippen LogP contribution is -2.45. The minimum Gasteiger partial charge on any atom is -0.370 e.